The van der Waals surface area contributed by atoms with E-state index in [1.54, 1.807) is 18.3 Å². The number of anilines is 2. The topological polar surface area (TPSA) is 56.7 Å². The molecule has 0 spiro atoms. The number of benzene rings is 2. The molecule has 2 rings (SSSR count). The quantitative estimate of drug-likeness (QED) is 0.632. The summed E-state index contributed by atoms with van der Waals surface area (Å²) >= 11 is 5.88. The van der Waals surface area contributed by atoms with Crippen LogP contribution in [0.1, 0.15) is 5.56 Å². The van der Waals surface area contributed by atoms with E-state index in [0.29, 0.717) is 5.02 Å². The van der Waals surface area contributed by atoms with Gasteiger partial charge in [-0.1, -0.05) is 29.8 Å². The van der Waals surface area contributed by atoms with Crippen molar-refractivity contribution in [2.24, 2.45) is 5.10 Å². The fraction of sp³-hybridized carbons (Fsp3) is 0.176. The number of hydrogen-bond acceptors (Lipinski definition) is 4. The maximum absolute atomic E-state index is 11.7. The molecule has 0 aliphatic rings. The molecule has 2 N–H and O–H groups in total. The summed E-state index contributed by atoms with van der Waals surface area (Å²) in [5, 5.41) is 7.54. The third-order valence-corrected chi connectivity index (χ3v) is 3.33. The summed E-state index contributed by atoms with van der Waals surface area (Å²) < 4.78 is 0. The summed E-state index contributed by atoms with van der Waals surface area (Å²) in [7, 11) is 3.96. The molecule has 0 fully saturated rings. The van der Waals surface area contributed by atoms with Crippen molar-refractivity contribution in [3.8, 4) is 0 Å². The lowest BCUT2D eigenvalue weighted by atomic mass is 10.2. The molecule has 2 aromatic rings. The minimum atomic E-state index is -0.230. The van der Waals surface area contributed by atoms with Crippen molar-refractivity contribution >= 4 is 35.1 Å². The Morgan fingerprint density at radius 3 is 2.61 bits per heavy atom. The van der Waals surface area contributed by atoms with Gasteiger partial charge in [0.2, 0.25) is 0 Å². The Morgan fingerprint density at radius 1 is 1.22 bits per heavy atom. The van der Waals surface area contributed by atoms with Crippen LogP contribution in [0.4, 0.5) is 11.4 Å². The van der Waals surface area contributed by atoms with Crippen LogP contribution in [0.5, 0.6) is 0 Å². The van der Waals surface area contributed by atoms with Gasteiger partial charge in [-0.2, -0.15) is 5.10 Å². The second kappa shape index (κ2) is 8.19. The smallest absolute Gasteiger partial charge is 0.259 e. The maximum atomic E-state index is 11.7. The first-order chi connectivity index (χ1) is 11.0. The zero-order valence-electron chi connectivity index (χ0n) is 13.1. The normalized spacial score (nSPS) is 10.6. The largest absolute Gasteiger partial charge is 0.378 e. The first kappa shape index (κ1) is 16.8. The number of nitrogens with zero attached hydrogens (tertiary/aromatic N) is 2. The Kier molecular flexibility index (Phi) is 6.00. The molecule has 6 heteroatoms. The first-order valence-corrected chi connectivity index (χ1v) is 7.51. The molecular weight excluding hydrogens is 312 g/mol. The Balaban J connectivity index is 1.79. The Labute approximate surface area is 141 Å². The second-order valence-electron chi connectivity index (χ2n) is 5.14. The molecule has 0 aliphatic heterocycles. The van der Waals surface area contributed by atoms with Crippen LogP contribution < -0.4 is 15.6 Å². The highest BCUT2D eigenvalue weighted by molar-refractivity contribution is 6.30. The average molecular weight is 331 g/mol. The van der Waals surface area contributed by atoms with Crippen molar-refractivity contribution in [3.63, 3.8) is 0 Å². The maximum Gasteiger partial charge on any atom is 0.259 e. The summed E-state index contributed by atoms with van der Waals surface area (Å²) in [6, 6.07) is 15.0. The highest BCUT2D eigenvalue weighted by Crippen LogP contribution is 2.14. The van der Waals surface area contributed by atoms with Gasteiger partial charge in [0.25, 0.3) is 5.91 Å². The number of hydrogen-bond donors (Lipinski definition) is 2. The predicted octanol–water partition coefficient (Wildman–Crippen LogP) is 2.97. The number of carbonyl (C=O) groups is 1. The van der Waals surface area contributed by atoms with Crippen LogP contribution in [0.2, 0.25) is 5.02 Å². The molecule has 2 aromatic carbocycles. The third kappa shape index (κ3) is 5.64. The van der Waals surface area contributed by atoms with Crippen molar-refractivity contribution < 1.29 is 4.79 Å². The van der Waals surface area contributed by atoms with Gasteiger partial charge in [0.15, 0.2) is 0 Å². The van der Waals surface area contributed by atoms with E-state index in [1.165, 1.54) is 0 Å². The SMILES string of the molecule is CN(C)c1ccc(/C=N\NC(=O)CNc2cccc(Cl)c2)cc1. The monoisotopic (exact) mass is 330 g/mol. The molecule has 0 unspecified atom stereocenters. The number of nitrogens with one attached hydrogen (secondary N) is 2. The lowest BCUT2D eigenvalue weighted by Crippen LogP contribution is -2.25. The Hall–Kier alpha value is -2.53. The van der Waals surface area contributed by atoms with E-state index in [2.05, 4.69) is 15.8 Å². The zero-order chi connectivity index (χ0) is 16.7. The number of halogens is 1. The van der Waals surface area contributed by atoms with Crippen LogP contribution in [0.25, 0.3) is 0 Å². The summed E-state index contributed by atoms with van der Waals surface area (Å²) in [4.78, 5) is 13.7. The molecule has 0 atom stereocenters. The van der Waals surface area contributed by atoms with Gasteiger partial charge in [-0.15, -0.1) is 0 Å². The van der Waals surface area contributed by atoms with E-state index >= 15 is 0 Å². The summed E-state index contributed by atoms with van der Waals surface area (Å²) in [5.74, 6) is -0.230. The Morgan fingerprint density at radius 2 is 1.96 bits per heavy atom. The fourth-order valence-electron chi connectivity index (χ4n) is 1.86. The lowest BCUT2D eigenvalue weighted by Gasteiger charge is -2.11. The van der Waals surface area contributed by atoms with Crippen molar-refractivity contribution in [1.29, 1.82) is 0 Å². The predicted molar refractivity (Wildman–Crippen MR) is 96.4 cm³/mol. The molecule has 0 aromatic heterocycles. The van der Waals surface area contributed by atoms with E-state index in [4.69, 9.17) is 11.6 Å². The molecule has 0 bridgehead atoms. The molecular formula is C17H19ClN4O. The van der Waals surface area contributed by atoms with E-state index in [1.807, 2.05) is 55.4 Å². The fourth-order valence-corrected chi connectivity index (χ4v) is 2.05. The van der Waals surface area contributed by atoms with Crippen LogP contribution in [0.3, 0.4) is 0 Å². The highest BCUT2D eigenvalue weighted by Gasteiger charge is 2.00. The van der Waals surface area contributed by atoms with Gasteiger partial charge in [-0.25, -0.2) is 5.43 Å². The highest BCUT2D eigenvalue weighted by atomic mass is 35.5. The first-order valence-electron chi connectivity index (χ1n) is 7.13. The van der Waals surface area contributed by atoms with E-state index in [9.17, 15) is 4.79 Å². The van der Waals surface area contributed by atoms with Crippen LogP contribution in [-0.4, -0.2) is 32.8 Å². The third-order valence-electron chi connectivity index (χ3n) is 3.09. The Bertz CT molecular complexity index is 683. The number of amides is 1. The van der Waals surface area contributed by atoms with Crippen LogP contribution in [-0.2, 0) is 4.79 Å². The van der Waals surface area contributed by atoms with Crippen molar-refractivity contribution in [2.45, 2.75) is 0 Å². The molecule has 1 amide bonds. The molecule has 0 aliphatic carbocycles. The van der Waals surface area contributed by atoms with Crippen LogP contribution in [0, 0.1) is 0 Å². The van der Waals surface area contributed by atoms with E-state index in [-0.39, 0.29) is 12.5 Å². The van der Waals surface area contributed by atoms with Crippen LogP contribution in [0.15, 0.2) is 53.6 Å². The van der Waals surface area contributed by atoms with Gasteiger partial charge >= 0.3 is 0 Å². The van der Waals surface area contributed by atoms with Crippen molar-refractivity contribution in [2.75, 3.05) is 30.9 Å². The molecule has 0 saturated carbocycles. The van der Waals surface area contributed by atoms with Crippen molar-refractivity contribution in [1.82, 2.24) is 5.43 Å². The van der Waals surface area contributed by atoms with Gasteiger partial charge in [0.1, 0.15) is 0 Å². The van der Waals surface area contributed by atoms with Gasteiger partial charge < -0.3 is 10.2 Å². The molecule has 5 nitrogen and oxygen atoms in total. The molecule has 120 valence electrons. The number of rotatable bonds is 6. The van der Waals surface area contributed by atoms with Crippen molar-refractivity contribution in [3.05, 3.63) is 59.1 Å². The summed E-state index contributed by atoms with van der Waals surface area (Å²) in [6.45, 7) is 0.122. The van der Waals surface area contributed by atoms with E-state index in [0.717, 1.165) is 16.9 Å². The average Bonchev–Trinajstić information content (AvgIpc) is 2.53. The van der Waals surface area contributed by atoms with Gasteiger partial charge in [0, 0.05) is 30.5 Å². The summed E-state index contributed by atoms with van der Waals surface area (Å²) in [5.41, 5.74) is 5.29. The standard InChI is InChI=1S/C17H19ClN4O/c1-22(2)16-8-6-13(7-9-16)11-20-21-17(23)12-19-15-5-3-4-14(18)10-15/h3-11,19H,12H2,1-2H3,(H,21,23)/b20-11-. The minimum Gasteiger partial charge on any atom is -0.378 e. The second-order valence-corrected chi connectivity index (χ2v) is 5.58. The number of hydrazone groups is 1. The summed E-state index contributed by atoms with van der Waals surface area (Å²) in [6.07, 6.45) is 1.61. The zero-order valence-corrected chi connectivity index (χ0v) is 13.8. The van der Waals surface area contributed by atoms with E-state index < -0.39 is 0 Å². The molecule has 0 saturated heterocycles. The van der Waals surface area contributed by atoms with Gasteiger partial charge in [0.05, 0.1) is 12.8 Å². The molecule has 23 heavy (non-hydrogen) atoms. The lowest BCUT2D eigenvalue weighted by molar-refractivity contribution is -0.119. The van der Waals surface area contributed by atoms with Gasteiger partial charge in [-0.3, -0.25) is 4.79 Å². The molecule has 0 heterocycles. The molecule has 0 radical (unpaired) electrons. The van der Waals surface area contributed by atoms with Gasteiger partial charge in [-0.05, 0) is 35.9 Å². The number of carbonyl (C=O) groups excluding carboxylic acids is 1. The minimum absolute atomic E-state index is 0.122. The van der Waals surface area contributed by atoms with Crippen LogP contribution >= 0.6 is 11.6 Å².